The van der Waals surface area contributed by atoms with Crippen LogP contribution in [0.1, 0.15) is 18.1 Å². The molecule has 0 radical (unpaired) electrons. The van der Waals surface area contributed by atoms with Crippen molar-refractivity contribution >= 4 is 5.97 Å². The predicted octanol–water partition coefficient (Wildman–Crippen LogP) is 2.68. The summed E-state index contributed by atoms with van der Waals surface area (Å²) in [5.41, 5.74) is 0.0159. The monoisotopic (exact) mass is 270 g/mol. The van der Waals surface area contributed by atoms with Crippen molar-refractivity contribution in [2.45, 2.75) is 18.9 Å². The molecular formula is C17H18O3. The maximum absolute atomic E-state index is 12.0. The van der Waals surface area contributed by atoms with Gasteiger partial charge in [-0.05, 0) is 18.1 Å². The van der Waals surface area contributed by atoms with E-state index in [1.807, 2.05) is 36.4 Å². The molecule has 0 saturated carbocycles. The number of ether oxygens (including phenoxy) is 1. The Morgan fingerprint density at radius 3 is 2.20 bits per heavy atom. The highest BCUT2D eigenvalue weighted by atomic mass is 16.5. The minimum absolute atomic E-state index is 0.256. The van der Waals surface area contributed by atoms with Gasteiger partial charge in [-0.3, -0.25) is 0 Å². The molecule has 0 aliphatic carbocycles. The second-order valence-corrected chi connectivity index (χ2v) is 4.81. The third kappa shape index (κ3) is 3.45. The van der Waals surface area contributed by atoms with E-state index in [1.54, 1.807) is 24.3 Å². The Bertz CT molecular complexity index is 547. The van der Waals surface area contributed by atoms with Gasteiger partial charge in [0.25, 0.3) is 0 Å². The first-order chi connectivity index (χ1) is 9.60. The topological polar surface area (TPSA) is 46.5 Å². The van der Waals surface area contributed by atoms with Crippen LogP contribution in [-0.4, -0.2) is 17.7 Å². The molecule has 3 heteroatoms. The van der Waals surface area contributed by atoms with E-state index in [0.29, 0.717) is 12.0 Å². The molecule has 0 saturated heterocycles. The molecule has 2 rings (SSSR count). The van der Waals surface area contributed by atoms with Crippen LogP contribution < -0.4 is 0 Å². The number of hydrogen-bond donors (Lipinski definition) is 1. The highest BCUT2D eigenvalue weighted by Gasteiger charge is 2.33. The van der Waals surface area contributed by atoms with Gasteiger partial charge in [0.15, 0.2) is 5.60 Å². The smallest absolute Gasteiger partial charge is 0.342 e. The lowest BCUT2D eigenvalue weighted by molar-refractivity contribution is -0.164. The summed E-state index contributed by atoms with van der Waals surface area (Å²) in [7, 11) is 0. The third-order valence-corrected chi connectivity index (χ3v) is 3.20. The first kappa shape index (κ1) is 14.3. The van der Waals surface area contributed by atoms with E-state index in [-0.39, 0.29) is 6.61 Å². The predicted molar refractivity (Wildman–Crippen MR) is 77.1 cm³/mol. The Hall–Kier alpha value is -2.13. The molecule has 0 aliphatic heterocycles. The quantitative estimate of drug-likeness (QED) is 0.850. The molecule has 3 nitrogen and oxygen atoms in total. The molecule has 0 fully saturated rings. The van der Waals surface area contributed by atoms with E-state index in [4.69, 9.17) is 4.74 Å². The average Bonchev–Trinajstić information content (AvgIpc) is 2.49. The van der Waals surface area contributed by atoms with Crippen LogP contribution in [0.25, 0.3) is 0 Å². The van der Waals surface area contributed by atoms with Crippen LogP contribution in [0.15, 0.2) is 60.7 Å². The van der Waals surface area contributed by atoms with E-state index in [9.17, 15) is 9.90 Å². The van der Waals surface area contributed by atoms with Crippen molar-refractivity contribution in [1.29, 1.82) is 0 Å². The number of benzene rings is 2. The third-order valence-electron chi connectivity index (χ3n) is 3.20. The summed E-state index contributed by atoms with van der Waals surface area (Å²) in [6.07, 6.45) is 0.636. The van der Waals surface area contributed by atoms with Crippen molar-refractivity contribution in [3.63, 3.8) is 0 Å². The van der Waals surface area contributed by atoms with Crippen molar-refractivity contribution in [3.05, 3.63) is 71.8 Å². The van der Waals surface area contributed by atoms with Gasteiger partial charge in [-0.15, -0.1) is 0 Å². The number of hydrogen-bond acceptors (Lipinski definition) is 3. The van der Waals surface area contributed by atoms with E-state index in [1.165, 1.54) is 6.92 Å². The van der Waals surface area contributed by atoms with Crippen LogP contribution in [0, 0.1) is 0 Å². The Labute approximate surface area is 118 Å². The Morgan fingerprint density at radius 2 is 1.60 bits per heavy atom. The van der Waals surface area contributed by atoms with Crippen LogP contribution in [-0.2, 0) is 21.6 Å². The zero-order chi connectivity index (χ0) is 14.4. The molecule has 0 amide bonds. The minimum atomic E-state index is -1.61. The van der Waals surface area contributed by atoms with Crippen molar-refractivity contribution in [3.8, 4) is 0 Å². The second kappa shape index (κ2) is 6.35. The van der Waals surface area contributed by atoms with E-state index >= 15 is 0 Å². The van der Waals surface area contributed by atoms with Gasteiger partial charge in [-0.2, -0.15) is 0 Å². The summed E-state index contributed by atoms with van der Waals surface area (Å²) in [5.74, 6) is -0.625. The Kier molecular flexibility index (Phi) is 4.53. The normalized spacial score (nSPS) is 13.5. The van der Waals surface area contributed by atoms with Crippen LogP contribution in [0.2, 0.25) is 0 Å². The number of esters is 1. The summed E-state index contributed by atoms with van der Waals surface area (Å²) < 4.78 is 5.18. The molecule has 1 atom stereocenters. The molecule has 104 valence electrons. The van der Waals surface area contributed by atoms with Crippen LogP contribution in [0.4, 0.5) is 0 Å². The summed E-state index contributed by atoms with van der Waals surface area (Å²) in [4.78, 5) is 12.0. The number of rotatable bonds is 5. The molecule has 0 bridgehead atoms. The number of carbonyl (C=O) groups excluding carboxylic acids is 1. The van der Waals surface area contributed by atoms with Gasteiger partial charge in [0, 0.05) is 6.42 Å². The molecule has 0 spiro atoms. The highest BCUT2D eigenvalue weighted by Crippen LogP contribution is 2.21. The standard InChI is InChI=1S/C17H18O3/c1-17(19,15-10-6-3-7-11-15)16(18)20-13-12-14-8-4-2-5-9-14/h2-11,19H,12-13H2,1H3. The van der Waals surface area contributed by atoms with Gasteiger partial charge in [-0.1, -0.05) is 60.7 Å². The van der Waals surface area contributed by atoms with Gasteiger partial charge in [0.05, 0.1) is 6.61 Å². The molecule has 2 aromatic carbocycles. The number of carbonyl (C=O) groups is 1. The largest absolute Gasteiger partial charge is 0.463 e. The first-order valence-electron chi connectivity index (χ1n) is 6.60. The zero-order valence-electron chi connectivity index (χ0n) is 11.5. The molecule has 20 heavy (non-hydrogen) atoms. The Morgan fingerprint density at radius 1 is 1.05 bits per heavy atom. The first-order valence-corrected chi connectivity index (χ1v) is 6.60. The number of aliphatic hydroxyl groups is 1. The summed E-state index contributed by atoms with van der Waals surface area (Å²) in [5, 5.41) is 10.3. The lowest BCUT2D eigenvalue weighted by atomic mass is 9.96. The van der Waals surface area contributed by atoms with Crippen molar-refractivity contribution < 1.29 is 14.6 Å². The van der Waals surface area contributed by atoms with Crippen LogP contribution in [0.3, 0.4) is 0 Å². The fraction of sp³-hybridized carbons (Fsp3) is 0.235. The molecule has 1 N–H and O–H groups in total. The van der Waals surface area contributed by atoms with Crippen molar-refractivity contribution in [2.24, 2.45) is 0 Å². The van der Waals surface area contributed by atoms with Gasteiger partial charge in [-0.25, -0.2) is 4.79 Å². The van der Waals surface area contributed by atoms with E-state index in [0.717, 1.165) is 5.56 Å². The molecule has 0 aromatic heterocycles. The lowest BCUT2D eigenvalue weighted by Gasteiger charge is -2.21. The average molecular weight is 270 g/mol. The fourth-order valence-electron chi connectivity index (χ4n) is 1.93. The summed E-state index contributed by atoms with van der Waals surface area (Å²) in [6.45, 7) is 1.71. The van der Waals surface area contributed by atoms with Crippen LogP contribution >= 0.6 is 0 Å². The van der Waals surface area contributed by atoms with Gasteiger partial charge in [0.2, 0.25) is 0 Å². The van der Waals surface area contributed by atoms with E-state index < -0.39 is 11.6 Å². The zero-order valence-corrected chi connectivity index (χ0v) is 11.5. The lowest BCUT2D eigenvalue weighted by Crippen LogP contribution is -2.34. The SMILES string of the molecule is CC(O)(C(=O)OCCc1ccccc1)c1ccccc1. The Balaban J connectivity index is 1.91. The van der Waals surface area contributed by atoms with E-state index in [2.05, 4.69) is 0 Å². The summed E-state index contributed by atoms with van der Waals surface area (Å²) >= 11 is 0. The maximum atomic E-state index is 12.0. The van der Waals surface area contributed by atoms with Crippen molar-refractivity contribution in [2.75, 3.05) is 6.61 Å². The molecule has 0 heterocycles. The second-order valence-electron chi connectivity index (χ2n) is 4.81. The van der Waals surface area contributed by atoms with Crippen molar-refractivity contribution in [1.82, 2.24) is 0 Å². The fourth-order valence-corrected chi connectivity index (χ4v) is 1.93. The van der Waals surface area contributed by atoms with Gasteiger partial charge >= 0.3 is 5.97 Å². The molecule has 2 aromatic rings. The minimum Gasteiger partial charge on any atom is -0.463 e. The van der Waals surface area contributed by atoms with Gasteiger partial charge in [0.1, 0.15) is 0 Å². The molecule has 0 aliphatic rings. The maximum Gasteiger partial charge on any atom is 0.342 e. The highest BCUT2D eigenvalue weighted by molar-refractivity contribution is 5.80. The summed E-state index contributed by atoms with van der Waals surface area (Å²) in [6, 6.07) is 18.6. The van der Waals surface area contributed by atoms with Crippen LogP contribution in [0.5, 0.6) is 0 Å². The van der Waals surface area contributed by atoms with Gasteiger partial charge < -0.3 is 9.84 Å². The molecule has 1 unspecified atom stereocenters. The molecular weight excluding hydrogens is 252 g/mol.